The number of hydrogen-bond donors (Lipinski definition) is 2. The first-order valence-corrected chi connectivity index (χ1v) is 7.91. The molecule has 0 spiro atoms. The lowest BCUT2D eigenvalue weighted by atomic mass is 10.0. The number of benzene rings is 1. The van der Waals surface area contributed by atoms with Crippen molar-refractivity contribution in [3.63, 3.8) is 0 Å². The summed E-state index contributed by atoms with van der Waals surface area (Å²) in [5, 5.41) is 2.85. The van der Waals surface area contributed by atoms with Gasteiger partial charge < -0.3 is 10.3 Å². The van der Waals surface area contributed by atoms with E-state index in [1.165, 1.54) is 12.4 Å². The minimum absolute atomic E-state index is 0.107. The van der Waals surface area contributed by atoms with Crippen LogP contribution in [-0.2, 0) is 0 Å². The van der Waals surface area contributed by atoms with Crippen molar-refractivity contribution in [3.05, 3.63) is 82.3 Å². The molecule has 6 heteroatoms. The van der Waals surface area contributed by atoms with E-state index < -0.39 is 5.91 Å². The van der Waals surface area contributed by atoms with Crippen LogP contribution in [0.3, 0.4) is 0 Å². The van der Waals surface area contributed by atoms with Crippen molar-refractivity contribution >= 4 is 5.91 Å². The van der Waals surface area contributed by atoms with Crippen molar-refractivity contribution in [3.8, 4) is 11.1 Å². The summed E-state index contributed by atoms with van der Waals surface area (Å²) in [5.41, 5.74) is 3.31. The van der Waals surface area contributed by atoms with Crippen molar-refractivity contribution < 1.29 is 4.79 Å². The fraction of sp³-hybridized carbons (Fsp3) is 0.158. The van der Waals surface area contributed by atoms with Gasteiger partial charge in [0, 0.05) is 23.7 Å². The summed E-state index contributed by atoms with van der Waals surface area (Å²) in [6.07, 6.45) is 4.98. The SMILES string of the molecule is Cc1ccc(C(=O)NC(C)c2ccc(-c3cncnc3)cc2)c(=O)[nH]1. The van der Waals surface area contributed by atoms with E-state index >= 15 is 0 Å². The van der Waals surface area contributed by atoms with Gasteiger partial charge in [-0.15, -0.1) is 0 Å². The minimum atomic E-state index is -0.394. The van der Waals surface area contributed by atoms with Crippen LogP contribution in [0.25, 0.3) is 11.1 Å². The van der Waals surface area contributed by atoms with E-state index in [1.807, 2.05) is 31.2 Å². The smallest absolute Gasteiger partial charge is 0.260 e. The summed E-state index contributed by atoms with van der Waals surface area (Å²) in [6, 6.07) is 10.8. The average molecular weight is 334 g/mol. The lowest BCUT2D eigenvalue weighted by Crippen LogP contribution is -2.31. The number of rotatable bonds is 4. The van der Waals surface area contributed by atoms with Gasteiger partial charge in [-0.3, -0.25) is 9.59 Å². The van der Waals surface area contributed by atoms with E-state index in [1.54, 1.807) is 25.4 Å². The van der Waals surface area contributed by atoms with Crippen LogP contribution in [0, 0.1) is 6.92 Å². The molecule has 2 aromatic heterocycles. The van der Waals surface area contributed by atoms with E-state index in [4.69, 9.17) is 0 Å². The number of aryl methyl sites for hydroxylation is 1. The Balaban J connectivity index is 1.74. The topological polar surface area (TPSA) is 87.7 Å². The van der Waals surface area contributed by atoms with Crippen LogP contribution in [0.15, 0.2) is 59.9 Å². The fourth-order valence-corrected chi connectivity index (χ4v) is 2.52. The Labute approximate surface area is 145 Å². The molecule has 0 fully saturated rings. The summed E-state index contributed by atoms with van der Waals surface area (Å²) in [6.45, 7) is 3.64. The van der Waals surface area contributed by atoms with Gasteiger partial charge in [0.1, 0.15) is 11.9 Å². The van der Waals surface area contributed by atoms with Crippen molar-refractivity contribution in [2.75, 3.05) is 0 Å². The Morgan fingerprint density at radius 2 is 1.72 bits per heavy atom. The Morgan fingerprint density at radius 1 is 1.04 bits per heavy atom. The van der Waals surface area contributed by atoms with E-state index in [2.05, 4.69) is 20.3 Å². The summed E-state index contributed by atoms with van der Waals surface area (Å²) in [4.78, 5) is 34.8. The first-order valence-electron chi connectivity index (χ1n) is 7.91. The number of hydrogen-bond acceptors (Lipinski definition) is 4. The number of nitrogens with one attached hydrogen (secondary N) is 2. The number of amides is 1. The lowest BCUT2D eigenvalue weighted by Gasteiger charge is -2.14. The molecule has 1 unspecified atom stereocenters. The first-order chi connectivity index (χ1) is 12.0. The maximum Gasteiger partial charge on any atom is 0.260 e. The summed E-state index contributed by atoms with van der Waals surface area (Å²) >= 11 is 0. The number of aromatic nitrogens is 3. The molecule has 1 aromatic carbocycles. The zero-order chi connectivity index (χ0) is 17.8. The highest BCUT2D eigenvalue weighted by molar-refractivity contribution is 5.94. The van der Waals surface area contributed by atoms with Gasteiger partial charge in [-0.2, -0.15) is 0 Å². The lowest BCUT2D eigenvalue weighted by molar-refractivity contribution is 0.0938. The molecule has 126 valence electrons. The molecule has 0 radical (unpaired) electrons. The van der Waals surface area contributed by atoms with Crippen LogP contribution < -0.4 is 10.9 Å². The number of aromatic amines is 1. The van der Waals surface area contributed by atoms with Crippen LogP contribution in [0.2, 0.25) is 0 Å². The van der Waals surface area contributed by atoms with E-state index in [-0.39, 0.29) is 17.2 Å². The number of pyridine rings is 1. The molecule has 2 N–H and O–H groups in total. The first kappa shape index (κ1) is 16.6. The third-order valence-electron chi connectivity index (χ3n) is 3.95. The average Bonchev–Trinajstić information content (AvgIpc) is 2.62. The van der Waals surface area contributed by atoms with Crippen LogP contribution in [-0.4, -0.2) is 20.9 Å². The summed E-state index contributed by atoms with van der Waals surface area (Å²) < 4.78 is 0. The second-order valence-electron chi connectivity index (χ2n) is 5.83. The molecule has 0 bridgehead atoms. The van der Waals surface area contributed by atoms with Gasteiger partial charge in [0.25, 0.3) is 11.5 Å². The number of carbonyl (C=O) groups excluding carboxylic acids is 1. The molecule has 0 saturated heterocycles. The molecular formula is C19H18N4O2. The molecule has 0 saturated carbocycles. The third-order valence-corrected chi connectivity index (χ3v) is 3.95. The highest BCUT2D eigenvalue weighted by atomic mass is 16.2. The monoisotopic (exact) mass is 334 g/mol. The Kier molecular flexibility index (Phi) is 4.70. The van der Waals surface area contributed by atoms with E-state index in [0.29, 0.717) is 0 Å². The van der Waals surface area contributed by atoms with Gasteiger partial charge in [0.05, 0.1) is 6.04 Å². The van der Waals surface area contributed by atoms with Crippen LogP contribution in [0.1, 0.15) is 34.6 Å². The molecule has 3 aromatic rings. The Bertz CT molecular complexity index is 934. The van der Waals surface area contributed by atoms with E-state index in [0.717, 1.165) is 22.4 Å². The van der Waals surface area contributed by atoms with Gasteiger partial charge in [-0.25, -0.2) is 9.97 Å². The highest BCUT2D eigenvalue weighted by Crippen LogP contribution is 2.20. The summed E-state index contributed by atoms with van der Waals surface area (Å²) in [7, 11) is 0. The van der Waals surface area contributed by atoms with Gasteiger partial charge in [-0.1, -0.05) is 24.3 Å². The molecule has 2 heterocycles. The van der Waals surface area contributed by atoms with Crippen molar-refractivity contribution in [2.45, 2.75) is 19.9 Å². The predicted molar refractivity (Wildman–Crippen MR) is 95.1 cm³/mol. The second-order valence-corrected chi connectivity index (χ2v) is 5.83. The third kappa shape index (κ3) is 3.80. The van der Waals surface area contributed by atoms with Crippen LogP contribution >= 0.6 is 0 Å². The molecule has 3 rings (SSSR count). The van der Waals surface area contributed by atoms with Gasteiger partial charge in [0.2, 0.25) is 0 Å². The van der Waals surface area contributed by atoms with Gasteiger partial charge in [-0.05, 0) is 37.1 Å². The van der Waals surface area contributed by atoms with Crippen LogP contribution in [0.4, 0.5) is 0 Å². The van der Waals surface area contributed by atoms with Gasteiger partial charge in [0.15, 0.2) is 0 Å². The number of nitrogens with zero attached hydrogens (tertiary/aromatic N) is 2. The minimum Gasteiger partial charge on any atom is -0.345 e. The number of H-pyrrole nitrogens is 1. The molecule has 0 aliphatic carbocycles. The largest absolute Gasteiger partial charge is 0.345 e. The molecule has 6 nitrogen and oxygen atoms in total. The van der Waals surface area contributed by atoms with Crippen LogP contribution in [0.5, 0.6) is 0 Å². The molecule has 25 heavy (non-hydrogen) atoms. The van der Waals surface area contributed by atoms with Gasteiger partial charge >= 0.3 is 0 Å². The molecular weight excluding hydrogens is 316 g/mol. The van der Waals surface area contributed by atoms with Crippen molar-refractivity contribution in [1.29, 1.82) is 0 Å². The second kappa shape index (κ2) is 7.09. The number of carbonyl (C=O) groups is 1. The maximum absolute atomic E-state index is 12.3. The fourth-order valence-electron chi connectivity index (χ4n) is 2.52. The van der Waals surface area contributed by atoms with Crippen molar-refractivity contribution in [1.82, 2.24) is 20.3 Å². The molecule has 0 aliphatic heterocycles. The summed E-state index contributed by atoms with van der Waals surface area (Å²) in [5.74, 6) is -0.394. The predicted octanol–water partition coefficient (Wildman–Crippen LogP) is 2.63. The molecule has 1 atom stereocenters. The Hall–Kier alpha value is -3.28. The molecule has 1 amide bonds. The maximum atomic E-state index is 12.3. The quantitative estimate of drug-likeness (QED) is 0.768. The van der Waals surface area contributed by atoms with E-state index in [9.17, 15) is 9.59 Å². The standard InChI is InChI=1S/C19H18N4O2/c1-12-3-8-17(18(24)22-12)19(25)23-13(2)14-4-6-15(7-5-14)16-9-20-11-21-10-16/h3-11,13H,1-2H3,(H,22,24)(H,23,25). The Morgan fingerprint density at radius 3 is 2.36 bits per heavy atom. The zero-order valence-corrected chi connectivity index (χ0v) is 14.0. The normalized spacial score (nSPS) is 11.8. The zero-order valence-electron chi connectivity index (χ0n) is 14.0. The molecule has 0 aliphatic rings. The highest BCUT2D eigenvalue weighted by Gasteiger charge is 2.14. The van der Waals surface area contributed by atoms with Crippen molar-refractivity contribution in [2.24, 2.45) is 0 Å².